The van der Waals surface area contributed by atoms with Gasteiger partial charge in [-0.25, -0.2) is 0 Å². The topological polar surface area (TPSA) is 66.2 Å². The molecule has 32 valence electrons. The van der Waals surface area contributed by atoms with Crippen molar-refractivity contribution in [2.24, 2.45) is 0 Å². The van der Waals surface area contributed by atoms with Gasteiger partial charge in [-0.3, -0.25) is 0 Å². The molecule has 0 amide bonds. The molecule has 0 N–H and O–H groups in total. The molecule has 0 saturated carbocycles. The molecule has 0 heterocycles. The minimum atomic E-state index is -1.75. The molecule has 0 spiro atoms. The van der Waals surface area contributed by atoms with Gasteiger partial charge in [0.05, 0.1) is 5.09 Å². The van der Waals surface area contributed by atoms with E-state index in [1.165, 1.54) is 0 Å². The Morgan fingerprint density at radius 3 is 1.33 bits per heavy atom. The van der Waals surface area contributed by atoms with Crippen LogP contribution in [0.15, 0.2) is 0 Å². The van der Waals surface area contributed by atoms with Crippen molar-refractivity contribution in [3.05, 3.63) is 15.3 Å². The zero-order valence-corrected chi connectivity index (χ0v) is 7.92. The van der Waals surface area contributed by atoms with E-state index in [0.717, 1.165) is 0 Å². The molecule has 0 aromatic rings. The van der Waals surface area contributed by atoms with Gasteiger partial charge in [0.1, 0.15) is 0 Å². The van der Waals surface area contributed by atoms with Gasteiger partial charge in [0.15, 0.2) is 0 Å². The molecule has 0 aliphatic rings. The SMILES string of the molecule is O=[N+]([O-])[O-].P.[K+]. The molecule has 0 aliphatic heterocycles. The zero-order chi connectivity index (χ0) is 3.58. The third-order valence-electron chi connectivity index (χ3n) is 0. The standard InChI is InChI=1S/K.NO3.H3P/c;2-1(3)4;/h;;1H3/q+1;-1;. The Kier molecular flexibility index (Phi) is 24.9. The minimum absolute atomic E-state index is 0. The van der Waals surface area contributed by atoms with Crippen LogP contribution in [0.1, 0.15) is 0 Å². The number of hydrogen-bond donors (Lipinski definition) is 0. The second-order valence-corrected chi connectivity index (χ2v) is 0.224. The van der Waals surface area contributed by atoms with E-state index in [0.29, 0.717) is 0 Å². The largest absolute Gasteiger partial charge is 1.00 e. The molecule has 0 aromatic heterocycles. The van der Waals surface area contributed by atoms with Crippen molar-refractivity contribution in [1.29, 1.82) is 0 Å². The van der Waals surface area contributed by atoms with Crippen molar-refractivity contribution < 1.29 is 56.5 Å². The molecule has 0 aliphatic carbocycles. The molecule has 0 rings (SSSR count). The van der Waals surface area contributed by atoms with Crippen LogP contribution in [0.2, 0.25) is 0 Å². The van der Waals surface area contributed by atoms with Crippen LogP contribution < -0.4 is 51.4 Å². The molecule has 1 atom stereocenters. The summed E-state index contributed by atoms with van der Waals surface area (Å²) in [4.78, 5) is 8.25. The fourth-order valence-electron chi connectivity index (χ4n) is 0. The predicted octanol–water partition coefficient (Wildman–Crippen LogP) is -3.18. The van der Waals surface area contributed by atoms with E-state index in [9.17, 15) is 0 Å². The van der Waals surface area contributed by atoms with Crippen LogP contribution in [-0.2, 0) is 0 Å². The van der Waals surface area contributed by atoms with Crippen molar-refractivity contribution in [3.8, 4) is 0 Å². The maximum Gasteiger partial charge on any atom is 1.00 e. The van der Waals surface area contributed by atoms with Crippen LogP contribution in [0.3, 0.4) is 0 Å². The average molecular weight is 135 g/mol. The summed E-state index contributed by atoms with van der Waals surface area (Å²) in [6.45, 7) is 0. The monoisotopic (exact) mass is 135 g/mol. The Labute approximate surface area is 80.4 Å². The van der Waals surface area contributed by atoms with Crippen LogP contribution in [-0.4, -0.2) is 5.09 Å². The van der Waals surface area contributed by atoms with Crippen molar-refractivity contribution in [3.63, 3.8) is 0 Å². The van der Waals surface area contributed by atoms with Crippen molar-refractivity contribution >= 4 is 9.90 Å². The van der Waals surface area contributed by atoms with Gasteiger partial charge < -0.3 is 15.3 Å². The molecular formula is H3KNO3P. The van der Waals surface area contributed by atoms with Crippen molar-refractivity contribution in [2.75, 3.05) is 0 Å². The Bertz CT molecular complexity index is 33.8. The molecule has 1 unspecified atom stereocenters. The molecule has 0 aromatic carbocycles. The van der Waals surface area contributed by atoms with Gasteiger partial charge in [-0.1, -0.05) is 0 Å². The number of hydrogen-bond acceptors (Lipinski definition) is 3. The smallest absolute Gasteiger partial charge is 0.356 e. The summed E-state index contributed by atoms with van der Waals surface area (Å²) in [7, 11) is 0. The van der Waals surface area contributed by atoms with E-state index in [4.69, 9.17) is 15.3 Å². The van der Waals surface area contributed by atoms with E-state index < -0.39 is 5.09 Å². The fourth-order valence-corrected chi connectivity index (χ4v) is 0. The first kappa shape index (κ1) is 15.7. The van der Waals surface area contributed by atoms with Gasteiger partial charge in [0.2, 0.25) is 0 Å². The average Bonchev–Trinajstić information content (AvgIpc) is 0.811. The maximum atomic E-state index is 8.25. The molecule has 6 heteroatoms. The summed E-state index contributed by atoms with van der Waals surface area (Å²) in [5, 5.41) is 14.8. The maximum absolute atomic E-state index is 8.25. The summed E-state index contributed by atoms with van der Waals surface area (Å²) in [5.74, 6) is 0. The van der Waals surface area contributed by atoms with Crippen LogP contribution in [0.4, 0.5) is 0 Å². The van der Waals surface area contributed by atoms with Gasteiger partial charge in [0, 0.05) is 0 Å². The van der Waals surface area contributed by atoms with E-state index in [1.807, 2.05) is 0 Å². The first-order valence-electron chi connectivity index (χ1n) is 0.548. The van der Waals surface area contributed by atoms with Crippen LogP contribution in [0, 0.1) is 15.3 Å². The fraction of sp³-hybridized carbons (Fsp3) is 0. The summed E-state index contributed by atoms with van der Waals surface area (Å²) < 4.78 is 0. The van der Waals surface area contributed by atoms with Gasteiger partial charge in [-0.15, -0.1) is 0 Å². The Balaban J connectivity index is -0.0000000450. The number of rotatable bonds is 0. The summed E-state index contributed by atoms with van der Waals surface area (Å²) >= 11 is 0. The Morgan fingerprint density at radius 1 is 1.33 bits per heavy atom. The third-order valence-corrected chi connectivity index (χ3v) is 0. The third kappa shape index (κ3) is 59.8. The van der Waals surface area contributed by atoms with E-state index in [2.05, 4.69) is 0 Å². The second-order valence-electron chi connectivity index (χ2n) is 0.224. The molecular weight excluding hydrogens is 132 g/mol. The van der Waals surface area contributed by atoms with E-state index in [1.54, 1.807) is 0 Å². The summed E-state index contributed by atoms with van der Waals surface area (Å²) in [6, 6.07) is 0. The Morgan fingerprint density at radius 2 is 1.33 bits per heavy atom. The molecule has 0 saturated heterocycles. The quantitative estimate of drug-likeness (QED) is 0.152. The first-order valence-corrected chi connectivity index (χ1v) is 0.548. The zero-order valence-electron chi connectivity index (χ0n) is 3.38. The van der Waals surface area contributed by atoms with E-state index >= 15 is 0 Å². The van der Waals surface area contributed by atoms with Gasteiger partial charge in [-0.2, -0.15) is 9.90 Å². The van der Waals surface area contributed by atoms with Gasteiger partial charge >= 0.3 is 51.4 Å². The summed E-state index contributed by atoms with van der Waals surface area (Å²) in [6.07, 6.45) is 0. The van der Waals surface area contributed by atoms with E-state index in [-0.39, 0.29) is 61.3 Å². The molecule has 0 bridgehead atoms. The Hall–Kier alpha value is 1.27. The molecule has 0 radical (unpaired) electrons. The number of nitrogens with zero attached hydrogens (tertiary/aromatic N) is 1. The second kappa shape index (κ2) is 9.55. The predicted molar refractivity (Wildman–Crippen MR) is 21.5 cm³/mol. The first-order chi connectivity index (χ1) is 1.73. The van der Waals surface area contributed by atoms with Crippen LogP contribution in [0.25, 0.3) is 0 Å². The van der Waals surface area contributed by atoms with Gasteiger partial charge in [-0.05, 0) is 0 Å². The minimum Gasteiger partial charge on any atom is -0.356 e. The molecule has 6 heavy (non-hydrogen) atoms. The van der Waals surface area contributed by atoms with Gasteiger partial charge in [0.25, 0.3) is 0 Å². The normalized spacial score (nSPS) is 4.00. The summed E-state index contributed by atoms with van der Waals surface area (Å²) in [5.41, 5.74) is 0. The van der Waals surface area contributed by atoms with Crippen LogP contribution >= 0.6 is 9.90 Å². The molecule has 4 nitrogen and oxygen atoms in total. The van der Waals surface area contributed by atoms with Crippen molar-refractivity contribution in [2.45, 2.75) is 0 Å². The van der Waals surface area contributed by atoms with Crippen LogP contribution in [0.5, 0.6) is 0 Å². The van der Waals surface area contributed by atoms with Crippen molar-refractivity contribution in [1.82, 2.24) is 0 Å². The molecule has 0 fully saturated rings.